The number of hydrogen-bond donors (Lipinski definition) is 2. The summed E-state index contributed by atoms with van der Waals surface area (Å²) in [5.74, 6) is -0.138. The lowest BCUT2D eigenvalue weighted by molar-refractivity contribution is -0.134. The van der Waals surface area contributed by atoms with Crippen molar-refractivity contribution >= 4 is 45.2 Å². The molecular formula is C18H20N2O3S2. The molecule has 0 radical (unpaired) electrons. The molecule has 0 saturated carbocycles. The number of allylic oxidation sites excluding steroid dienone is 2. The first-order chi connectivity index (χ1) is 12.1. The Kier molecular flexibility index (Phi) is 6.09. The number of nitrogens with one attached hydrogen (secondary N) is 1. The third kappa shape index (κ3) is 4.61. The molecule has 2 aromatic rings. The standard InChI is InChI=1S/C18H20N2O3S2/c21-16(22)11-24-10-9-19-17(23)12-5-1-2-6-13(12)18-20-14-7-3-4-8-15(14)25-18/h1-4,7-8,12-13H,5-6,9-11H2,(H,19,23)(H,21,22). The zero-order valence-electron chi connectivity index (χ0n) is 13.7. The van der Waals surface area contributed by atoms with Crippen molar-refractivity contribution in [1.82, 2.24) is 10.3 Å². The topological polar surface area (TPSA) is 79.3 Å². The summed E-state index contributed by atoms with van der Waals surface area (Å²) in [5.41, 5.74) is 0.987. The Morgan fingerprint density at radius 2 is 2.08 bits per heavy atom. The van der Waals surface area contributed by atoms with Gasteiger partial charge in [0.05, 0.1) is 26.9 Å². The molecule has 5 nitrogen and oxygen atoms in total. The van der Waals surface area contributed by atoms with Crippen LogP contribution in [-0.4, -0.2) is 40.0 Å². The number of para-hydroxylation sites is 1. The molecular weight excluding hydrogens is 356 g/mol. The second kappa shape index (κ2) is 8.49. The van der Waals surface area contributed by atoms with Crippen LogP contribution in [0, 0.1) is 5.92 Å². The maximum Gasteiger partial charge on any atom is 0.313 e. The van der Waals surface area contributed by atoms with Crippen LogP contribution >= 0.6 is 23.1 Å². The van der Waals surface area contributed by atoms with E-state index < -0.39 is 5.97 Å². The molecule has 1 heterocycles. The first-order valence-corrected chi connectivity index (χ1v) is 10.2. The summed E-state index contributed by atoms with van der Waals surface area (Å²) in [6, 6.07) is 8.04. The molecule has 1 aromatic heterocycles. The number of carboxylic acid groups (broad SMARTS) is 1. The third-order valence-electron chi connectivity index (χ3n) is 4.17. The van der Waals surface area contributed by atoms with Gasteiger partial charge in [-0.3, -0.25) is 9.59 Å². The van der Waals surface area contributed by atoms with Crippen LogP contribution in [0.4, 0.5) is 0 Å². The zero-order chi connectivity index (χ0) is 17.6. The molecule has 2 unspecified atom stereocenters. The van der Waals surface area contributed by atoms with Gasteiger partial charge in [0.25, 0.3) is 0 Å². The van der Waals surface area contributed by atoms with Crippen LogP contribution in [0.1, 0.15) is 23.8 Å². The Balaban J connectivity index is 1.63. The average molecular weight is 377 g/mol. The summed E-state index contributed by atoms with van der Waals surface area (Å²) in [7, 11) is 0. The molecule has 7 heteroatoms. The average Bonchev–Trinajstić information content (AvgIpc) is 3.05. The van der Waals surface area contributed by atoms with Gasteiger partial charge in [0.1, 0.15) is 0 Å². The number of aromatic nitrogens is 1. The number of carboxylic acids is 1. The minimum Gasteiger partial charge on any atom is -0.481 e. The second-order valence-electron chi connectivity index (χ2n) is 5.91. The van der Waals surface area contributed by atoms with Gasteiger partial charge in [-0.25, -0.2) is 4.98 Å². The van der Waals surface area contributed by atoms with E-state index in [0.29, 0.717) is 18.7 Å². The van der Waals surface area contributed by atoms with Gasteiger partial charge < -0.3 is 10.4 Å². The van der Waals surface area contributed by atoms with Crippen LogP contribution in [0.15, 0.2) is 36.4 Å². The largest absolute Gasteiger partial charge is 0.481 e. The molecule has 1 amide bonds. The summed E-state index contributed by atoms with van der Waals surface area (Å²) in [4.78, 5) is 27.8. The van der Waals surface area contributed by atoms with E-state index in [9.17, 15) is 9.59 Å². The summed E-state index contributed by atoms with van der Waals surface area (Å²) in [6.45, 7) is 0.490. The smallest absolute Gasteiger partial charge is 0.313 e. The Hall–Kier alpha value is -1.86. The van der Waals surface area contributed by atoms with Crippen LogP contribution in [-0.2, 0) is 9.59 Å². The van der Waals surface area contributed by atoms with Crippen molar-refractivity contribution in [2.24, 2.45) is 5.92 Å². The normalized spacial score (nSPS) is 19.8. The first kappa shape index (κ1) is 17.9. The van der Waals surface area contributed by atoms with E-state index in [4.69, 9.17) is 10.1 Å². The summed E-state index contributed by atoms with van der Waals surface area (Å²) >= 11 is 2.98. The van der Waals surface area contributed by atoms with Crippen LogP contribution in [0.25, 0.3) is 10.2 Å². The number of nitrogens with zero attached hydrogens (tertiary/aromatic N) is 1. The Morgan fingerprint density at radius 3 is 2.88 bits per heavy atom. The molecule has 0 spiro atoms. The lowest BCUT2D eigenvalue weighted by Gasteiger charge is -2.26. The van der Waals surface area contributed by atoms with Crippen molar-refractivity contribution in [1.29, 1.82) is 0 Å². The van der Waals surface area contributed by atoms with Crippen molar-refractivity contribution < 1.29 is 14.7 Å². The fraction of sp³-hybridized carbons (Fsp3) is 0.389. The van der Waals surface area contributed by atoms with E-state index >= 15 is 0 Å². The SMILES string of the molecule is O=C(O)CSCCNC(=O)C1CC=CCC1c1nc2ccccc2s1. The number of thioether (sulfide) groups is 1. The van der Waals surface area contributed by atoms with E-state index in [1.807, 2.05) is 18.2 Å². The number of fused-ring (bicyclic) bond motifs is 1. The highest BCUT2D eigenvalue weighted by molar-refractivity contribution is 7.99. The number of hydrogen-bond acceptors (Lipinski definition) is 5. The van der Waals surface area contributed by atoms with Gasteiger partial charge in [0.2, 0.25) is 5.91 Å². The highest BCUT2D eigenvalue weighted by atomic mass is 32.2. The van der Waals surface area contributed by atoms with Crippen molar-refractivity contribution in [3.63, 3.8) is 0 Å². The fourth-order valence-corrected chi connectivity index (χ4v) is 4.67. The van der Waals surface area contributed by atoms with Gasteiger partial charge in [-0.05, 0) is 25.0 Å². The summed E-state index contributed by atoms with van der Waals surface area (Å²) in [5, 5.41) is 12.6. The van der Waals surface area contributed by atoms with Gasteiger partial charge in [-0.15, -0.1) is 23.1 Å². The molecule has 3 rings (SSSR count). The van der Waals surface area contributed by atoms with Crippen LogP contribution in [0.3, 0.4) is 0 Å². The highest BCUT2D eigenvalue weighted by Crippen LogP contribution is 2.38. The van der Waals surface area contributed by atoms with Crippen LogP contribution in [0.2, 0.25) is 0 Å². The van der Waals surface area contributed by atoms with Crippen LogP contribution in [0.5, 0.6) is 0 Å². The molecule has 0 fully saturated rings. The van der Waals surface area contributed by atoms with Crippen molar-refractivity contribution in [3.05, 3.63) is 41.4 Å². The zero-order valence-corrected chi connectivity index (χ0v) is 15.3. The molecule has 0 bridgehead atoms. The predicted molar refractivity (Wildman–Crippen MR) is 102 cm³/mol. The molecule has 1 aliphatic carbocycles. The Labute approximate surface area is 154 Å². The number of carbonyl (C=O) groups is 2. The fourth-order valence-electron chi connectivity index (χ4n) is 2.96. The first-order valence-electron chi connectivity index (χ1n) is 8.23. The molecule has 1 aliphatic rings. The van der Waals surface area contributed by atoms with Gasteiger partial charge in [0, 0.05) is 18.2 Å². The summed E-state index contributed by atoms with van der Waals surface area (Å²) < 4.78 is 1.15. The lowest BCUT2D eigenvalue weighted by atomic mass is 9.82. The minimum atomic E-state index is -0.829. The van der Waals surface area contributed by atoms with Gasteiger partial charge >= 0.3 is 5.97 Å². The number of benzene rings is 1. The van der Waals surface area contributed by atoms with Crippen molar-refractivity contribution in [2.75, 3.05) is 18.1 Å². The molecule has 2 atom stereocenters. The number of rotatable bonds is 7. The number of amides is 1. The van der Waals surface area contributed by atoms with Crippen molar-refractivity contribution in [3.8, 4) is 0 Å². The molecule has 2 N–H and O–H groups in total. The third-order valence-corrected chi connectivity index (χ3v) is 6.28. The molecule has 132 valence electrons. The maximum absolute atomic E-state index is 12.6. The molecule has 0 saturated heterocycles. The molecule has 25 heavy (non-hydrogen) atoms. The van der Waals surface area contributed by atoms with E-state index in [1.54, 1.807) is 11.3 Å². The van der Waals surface area contributed by atoms with Crippen molar-refractivity contribution in [2.45, 2.75) is 18.8 Å². The number of aliphatic carboxylic acids is 1. The molecule has 1 aromatic carbocycles. The lowest BCUT2D eigenvalue weighted by Crippen LogP contribution is -2.36. The van der Waals surface area contributed by atoms with E-state index in [1.165, 1.54) is 11.8 Å². The maximum atomic E-state index is 12.6. The van der Waals surface area contributed by atoms with E-state index in [-0.39, 0.29) is 23.5 Å². The van der Waals surface area contributed by atoms with Gasteiger partial charge in [-0.1, -0.05) is 24.3 Å². The number of carbonyl (C=O) groups excluding carboxylic acids is 1. The Morgan fingerprint density at radius 1 is 1.28 bits per heavy atom. The molecule has 0 aliphatic heterocycles. The highest BCUT2D eigenvalue weighted by Gasteiger charge is 2.32. The summed E-state index contributed by atoms with van der Waals surface area (Å²) in [6.07, 6.45) is 5.73. The monoisotopic (exact) mass is 376 g/mol. The van der Waals surface area contributed by atoms with Gasteiger partial charge in [-0.2, -0.15) is 0 Å². The predicted octanol–water partition coefficient (Wildman–Crippen LogP) is 3.28. The van der Waals surface area contributed by atoms with Gasteiger partial charge in [0.15, 0.2) is 0 Å². The quantitative estimate of drug-likeness (QED) is 0.573. The van der Waals surface area contributed by atoms with E-state index in [2.05, 4.69) is 23.5 Å². The van der Waals surface area contributed by atoms with E-state index in [0.717, 1.165) is 21.6 Å². The second-order valence-corrected chi connectivity index (χ2v) is 8.08. The minimum absolute atomic E-state index is 0.0320. The number of thiazole rings is 1. The Bertz CT molecular complexity index is 754. The van der Waals surface area contributed by atoms with Crippen LogP contribution < -0.4 is 5.32 Å².